The average molecular weight is 465 g/mol. The number of benzene rings is 1. The summed E-state index contributed by atoms with van der Waals surface area (Å²) in [5.41, 5.74) is -0.838. The zero-order valence-corrected chi connectivity index (χ0v) is 18.5. The van der Waals surface area contributed by atoms with Crippen LogP contribution < -0.4 is 4.74 Å². The molecule has 0 radical (unpaired) electrons. The molecule has 3 heterocycles. The molecule has 3 atom stereocenters. The van der Waals surface area contributed by atoms with E-state index in [1.54, 1.807) is 45.0 Å². The number of ether oxygens (including phenoxy) is 3. The lowest BCUT2D eigenvalue weighted by atomic mass is 10.1. The van der Waals surface area contributed by atoms with Gasteiger partial charge in [0.1, 0.15) is 17.7 Å². The summed E-state index contributed by atoms with van der Waals surface area (Å²) in [6.07, 6.45) is -2.95. The van der Waals surface area contributed by atoms with Gasteiger partial charge in [0.25, 0.3) is 5.92 Å². The number of epoxide rings is 1. The Kier molecular flexibility index (Phi) is 5.85. The maximum Gasteiger partial charge on any atom is 0.411 e. The van der Waals surface area contributed by atoms with E-state index in [0.29, 0.717) is 5.52 Å². The topological polar surface area (TPSA) is 114 Å². The number of likely N-dealkylation sites (tertiary alicyclic amines) is 1. The molecule has 2 saturated heterocycles. The summed E-state index contributed by atoms with van der Waals surface area (Å²) in [5, 5.41) is 9.58. The molecule has 9 nitrogen and oxygen atoms in total. The molecule has 0 aliphatic carbocycles. The Hall–Kier alpha value is -3.08. The number of carbonyl (C=O) groups excluding carboxylic acids is 1. The predicted octanol–water partition coefficient (Wildman–Crippen LogP) is 3.35. The second-order valence-electron chi connectivity index (χ2n) is 9.19. The Morgan fingerprint density at radius 1 is 1.21 bits per heavy atom. The molecule has 11 heteroatoms. The van der Waals surface area contributed by atoms with Crippen molar-refractivity contribution in [1.82, 2.24) is 14.9 Å². The number of nitrogens with zero attached hydrogens (tertiary/aromatic N) is 3. The first-order valence-electron chi connectivity index (χ1n) is 10.6. The Balaban J connectivity index is 1.63. The van der Waals surface area contributed by atoms with Gasteiger partial charge in [0, 0.05) is 12.8 Å². The summed E-state index contributed by atoms with van der Waals surface area (Å²) in [6, 6.07) is 5.32. The fourth-order valence-corrected chi connectivity index (χ4v) is 3.67. The minimum absolute atomic E-state index is 0.111. The molecule has 2 aliphatic rings. The smallest absolute Gasteiger partial charge is 0.411 e. The van der Waals surface area contributed by atoms with E-state index >= 15 is 8.78 Å². The standard InChI is InChI=1S/C22H25F2N3O6/c1-21(2,3)33-20(30)27-10-12(8-16(27)19(28)29)32-18-17(22(23,24)9-13-11-31-13)25-14-6-4-5-7-15(14)26-18/h4-7,12-13,16H,8-11H2,1-3H3,(H,28,29)/t12-,13?,16+/m1/s1. The third kappa shape index (κ3) is 5.29. The summed E-state index contributed by atoms with van der Waals surface area (Å²) in [4.78, 5) is 33.7. The van der Waals surface area contributed by atoms with Crippen molar-refractivity contribution in [3.63, 3.8) is 0 Å². The number of aliphatic carboxylic acids is 1. The van der Waals surface area contributed by atoms with E-state index in [1.165, 1.54) is 0 Å². The quantitative estimate of drug-likeness (QED) is 0.646. The second-order valence-corrected chi connectivity index (χ2v) is 9.19. The average Bonchev–Trinajstić information content (AvgIpc) is 3.40. The van der Waals surface area contributed by atoms with E-state index in [1.807, 2.05) is 0 Å². The SMILES string of the molecule is CC(C)(C)OC(=O)N1C[C@H](Oc2nc3ccccc3nc2C(F)(F)CC2CO2)C[C@H]1C(=O)O. The van der Waals surface area contributed by atoms with Crippen LogP contribution in [0.15, 0.2) is 24.3 Å². The normalized spacial score (nSPS) is 22.9. The number of hydrogen-bond donors (Lipinski definition) is 1. The van der Waals surface area contributed by atoms with Crippen LogP contribution in [-0.4, -0.2) is 69.0 Å². The molecule has 33 heavy (non-hydrogen) atoms. The number of rotatable bonds is 6. The largest absolute Gasteiger partial charge is 0.480 e. The molecule has 1 amide bonds. The zero-order valence-electron chi connectivity index (χ0n) is 18.5. The van der Waals surface area contributed by atoms with Crippen molar-refractivity contribution in [3.05, 3.63) is 30.0 Å². The molecule has 178 valence electrons. The molecule has 1 aromatic carbocycles. The highest BCUT2D eigenvalue weighted by Gasteiger charge is 2.46. The molecule has 1 N–H and O–H groups in total. The van der Waals surface area contributed by atoms with Crippen LogP contribution in [0.25, 0.3) is 11.0 Å². The van der Waals surface area contributed by atoms with Crippen LogP contribution in [0.3, 0.4) is 0 Å². The minimum Gasteiger partial charge on any atom is -0.480 e. The number of amides is 1. The summed E-state index contributed by atoms with van der Waals surface area (Å²) < 4.78 is 46.2. The van der Waals surface area contributed by atoms with E-state index in [9.17, 15) is 14.7 Å². The van der Waals surface area contributed by atoms with Crippen molar-refractivity contribution in [2.45, 2.75) is 63.4 Å². The maximum absolute atomic E-state index is 15.1. The molecule has 1 unspecified atom stereocenters. The van der Waals surface area contributed by atoms with Crippen molar-refractivity contribution in [3.8, 4) is 5.88 Å². The molecular formula is C22H25F2N3O6. The molecule has 0 spiro atoms. The van der Waals surface area contributed by atoms with Gasteiger partial charge < -0.3 is 19.3 Å². The van der Waals surface area contributed by atoms with E-state index in [2.05, 4.69) is 9.97 Å². The minimum atomic E-state index is -3.37. The van der Waals surface area contributed by atoms with Gasteiger partial charge in [-0.2, -0.15) is 8.78 Å². The molecule has 0 bridgehead atoms. The highest BCUT2D eigenvalue weighted by Crippen LogP contribution is 2.41. The number of alkyl halides is 2. The van der Waals surface area contributed by atoms with Crippen molar-refractivity contribution in [2.75, 3.05) is 13.2 Å². The highest BCUT2D eigenvalue weighted by molar-refractivity contribution is 5.81. The van der Waals surface area contributed by atoms with Crippen LogP contribution in [-0.2, 0) is 20.2 Å². The van der Waals surface area contributed by atoms with E-state index in [-0.39, 0.29) is 31.0 Å². The van der Waals surface area contributed by atoms with Crippen LogP contribution in [0.5, 0.6) is 5.88 Å². The van der Waals surface area contributed by atoms with Crippen LogP contribution in [0.1, 0.15) is 39.3 Å². The van der Waals surface area contributed by atoms with Crippen molar-refractivity contribution >= 4 is 23.1 Å². The lowest BCUT2D eigenvalue weighted by molar-refractivity contribution is -0.142. The van der Waals surface area contributed by atoms with E-state index < -0.39 is 54.0 Å². The number of carboxylic acid groups (broad SMARTS) is 1. The summed E-state index contributed by atoms with van der Waals surface area (Å²) >= 11 is 0. The van der Waals surface area contributed by atoms with Crippen LogP contribution in [0.4, 0.5) is 13.6 Å². The number of hydrogen-bond acceptors (Lipinski definition) is 7. The Morgan fingerprint density at radius 2 is 1.85 bits per heavy atom. The second kappa shape index (κ2) is 8.36. The first kappa shape index (κ1) is 23.1. The van der Waals surface area contributed by atoms with Crippen LogP contribution in [0.2, 0.25) is 0 Å². The highest BCUT2D eigenvalue weighted by atomic mass is 19.3. The van der Waals surface area contributed by atoms with Gasteiger partial charge in [-0.25, -0.2) is 19.6 Å². The summed E-state index contributed by atoms with van der Waals surface area (Å²) in [7, 11) is 0. The lowest BCUT2D eigenvalue weighted by Gasteiger charge is -2.26. The molecule has 0 saturated carbocycles. The number of para-hydroxylation sites is 2. The van der Waals surface area contributed by atoms with Gasteiger partial charge in [-0.1, -0.05) is 12.1 Å². The number of halogens is 2. The number of fused-ring (bicyclic) bond motifs is 1. The van der Waals surface area contributed by atoms with Gasteiger partial charge in [-0.3, -0.25) is 4.90 Å². The van der Waals surface area contributed by atoms with Crippen molar-refractivity contribution < 1.29 is 37.7 Å². The fourth-order valence-electron chi connectivity index (χ4n) is 3.67. The zero-order chi connectivity index (χ0) is 24.0. The molecule has 2 aromatic rings. The molecule has 1 aromatic heterocycles. The predicted molar refractivity (Wildman–Crippen MR) is 111 cm³/mol. The fraction of sp³-hybridized carbons (Fsp3) is 0.545. The van der Waals surface area contributed by atoms with Crippen molar-refractivity contribution in [2.24, 2.45) is 0 Å². The van der Waals surface area contributed by atoms with Gasteiger partial charge in [-0.05, 0) is 32.9 Å². The summed E-state index contributed by atoms with van der Waals surface area (Å²) in [6.45, 7) is 5.08. The number of carboxylic acids is 1. The maximum atomic E-state index is 15.1. The number of aromatic nitrogens is 2. The van der Waals surface area contributed by atoms with Gasteiger partial charge in [0.2, 0.25) is 5.88 Å². The van der Waals surface area contributed by atoms with E-state index in [0.717, 1.165) is 4.90 Å². The lowest BCUT2D eigenvalue weighted by Crippen LogP contribution is -2.43. The van der Waals surface area contributed by atoms with Gasteiger partial charge in [0.15, 0.2) is 5.69 Å². The molecular weight excluding hydrogens is 440 g/mol. The van der Waals surface area contributed by atoms with Crippen molar-refractivity contribution in [1.29, 1.82) is 0 Å². The summed E-state index contributed by atoms with van der Waals surface area (Å²) in [5.74, 6) is -5.00. The van der Waals surface area contributed by atoms with Crippen LogP contribution in [0, 0.1) is 0 Å². The van der Waals surface area contributed by atoms with Crippen LogP contribution >= 0.6 is 0 Å². The Morgan fingerprint density at radius 3 is 2.42 bits per heavy atom. The molecule has 2 fully saturated rings. The Labute approximate surface area is 188 Å². The first-order valence-corrected chi connectivity index (χ1v) is 10.6. The van der Waals surface area contributed by atoms with Gasteiger partial charge in [0.05, 0.1) is 30.3 Å². The third-order valence-electron chi connectivity index (χ3n) is 5.23. The molecule has 2 aliphatic heterocycles. The molecule has 4 rings (SSSR count). The van der Waals surface area contributed by atoms with Gasteiger partial charge in [-0.15, -0.1) is 0 Å². The first-order chi connectivity index (χ1) is 15.4. The third-order valence-corrected chi connectivity index (χ3v) is 5.23. The number of carbonyl (C=O) groups is 2. The Bertz CT molecular complexity index is 1070. The van der Waals surface area contributed by atoms with Gasteiger partial charge >= 0.3 is 12.1 Å². The monoisotopic (exact) mass is 465 g/mol. The van der Waals surface area contributed by atoms with E-state index in [4.69, 9.17) is 14.2 Å².